The summed E-state index contributed by atoms with van der Waals surface area (Å²) < 4.78 is 70.5. The Bertz CT molecular complexity index is 668. The standard InChI is InChI=1S/C14H8F5NO/c1-21-8-4-2-7(3-5-8)6-20-14-12(18)10(16)9(15)11(17)13(14)19/h2-6H,1H3. The van der Waals surface area contributed by atoms with Gasteiger partial charge in [-0.1, -0.05) is 0 Å². The summed E-state index contributed by atoms with van der Waals surface area (Å²) in [6, 6.07) is 6.13. The molecule has 7 heteroatoms. The maximum atomic E-state index is 13.4. The molecular formula is C14H8F5NO. The fraction of sp³-hybridized carbons (Fsp3) is 0.0714. The number of rotatable bonds is 3. The van der Waals surface area contributed by atoms with Gasteiger partial charge in [0.15, 0.2) is 23.3 Å². The second kappa shape index (κ2) is 5.90. The van der Waals surface area contributed by atoms with Crippen LogP contribution in [0.15, 0.2) is 29.3 Å². The molecule has 0 spiro atoms. The lowest BCUT2D eigenvalue weighted by molar-refractivity contribution is 0.381. The summed E-state index contributed by atoms with van der Waals surface area (Å²) in [6.45, 7) is 0. The van der Waals surface area contributed by atoms with Gasteiger partial charge in [0.2, 0.25) is 5.82 Å². The number of halogens is 5. The van der Waals surface area contributed by atoms with E-state index in [1.54, 1.807) is 12.1 Å². The van der Waals surface area contributed by atoms with Crippen molar-refractivity contribution in [2.24, 2.45) is 4.99 Å². The van der Waals surface area contributed by atoms with Gasteiger partial charge in [-0.25, -0.2) is 26.9 Å². The molecular weight excluding hydrogens is 293 g/mol. The summed E-state index contributed by atoms with van der Waals surface area (Å²) >= 11 is 0. The Morgan fingerprint density at radius 1 is 0.810 bits per heavy atom. The van der Waals surface area contributed by atoms with Crippen molar-refractivity contribution in [1.82, 2.24) is 0 Å². The number of aliphatic imine (C=N–C) groups is 1. The third-order valence-corrected chi connectivity index (χ3v) is 2.65. The lowest BCUT2D eigenvalue weighted by atomic mass is 10.2. The smallest absolute Gasteiger partial charge is 0.200 e. The minimum absolute atomic E-state index is 0.403. The predicted octanol–water partition coefficient (Wildman–Crippen LogP) is 4.14. The zero-order valence-electron chi connectivity index (χ0n) is 10.6. The monoisotopic (exact) mass is 301 g/mol. The molecule has 0 radical (unpaired) electrons. The largest absolute Gasteiger partial charge is 0.497 e. The number of nitrogens with zero attached hydrogens (tertiary/aromatic N) is 1. The van der Waals surface area contributed by atoms with Crippen LogP contribution in [0.3, 0.4) is 0 Å². The minimum atomic E-state index is -2.21. The molecule has 0 amide bonds. The first-order valence-electron chi connectivity index (χ1n) is 5.65. The summed E-state index contributed by atoms with van der Waals surface area (Å²) in [7, 11) is 1.46. The van der Waals surface area contributed by atoms with Crippen molar-refractivity contribution in [1.29, 1.82) is 0 Å². The van der Waals surface area contributed by atoms with Crippen LogP contribution >= 0.6 is 0 Å². The second-order valence-electron chi connectivity index (χ2n) is 3.95. The first-order chi connectivity index (χ1) is 9.95. The van der Waals surface area contributed by atoms with E-state index in [1.807, 2.05) is 0 Å². The van der Waals surface area contributed by atoms with E-state index in [2.05, 4.69) is 4.99 Å². The highest BCUT2D eigenvalue weighted by atomic mass is 19.2. The molecule has 0 saturated carbocycles. The van der Waals surface area contributed by atoms with Crippen LogP contribution in [0, 0.1) is 29.1 Å². The van der Waals surface area contributed by atoms with E-state index < -0.39 is 34.8 Å². The van der Waals surface area contributed by atoms with Crippen LogP contribution in [-0.4, -0.2) is 13.3 Å². The molecule has 0 aliphatic heterocycles. The zero-order valence-corrected chi connectivity index (χ0v) is 10.6. The molecule has 0 atom stereocenters. The second-order valence-corrected chi connectivity index (χ2v) is 3.95. The van der Waals surface area contributed by atoms with Gasteiger partial charge in [-0.2, -0.15) is 0 Å². The van der Waals surface area contributed by atoms with Crippen LogP contribution in [0.4, 0.5) is 27.6 Å². The average Bonchev–Trinajstić information content (AvgIpc) is 2.51. The van der Waals surface area contributed by atoms with Crippen molar-refractivity contribution < 1.29 is 26.7 Å². The first kappa shape index (κ1) is 15.0. The van der Waals surface area contributed by atoms with Gasteiger partial charge in [-0.05, 0) is 29.8 Å². The Morgan fingerprint density at radius 2 is 1.29 bits per heavy atom. The van der Waals surface area contributed by atoms with E-state index in [9.17, 15) is 22.0 Å². The van der Waals surface area contributed by atoms with E-state index >= 15 is 0 Å². The van der Waals surface area contributed by atoms with Gasteiger partial charge in [0.05, 0.1) is 7.11 Å². The molecule has 2 nitrogen and oxygen atoms in total. The lowest BCUT2D eigenvalue weighted by Crippen LogP contribution is -2.00. The van der Waals surface area contributed by atoms with Crippen LogP contribution in [-0.2, 0) is 0 Å². The number of hydrogen-bond donors (Lipinski definition) is 0. The highest BCUT2D eigenvalue weighted by Crippen LogP contribution is 2.29. The van der Waals surface area contributed by atoms with Crippen molar-refractivity contribution >= 4 is 11.9 Å². The topological polar surface area (TPSA) is 21.6 Å². The van der Waals surface area contributed by atoms with Crippen molar-refractivity contribution in [2.75, 3.05) is 7.11 Å². The van der Waals surface area contributed by atoms with Gasteiger partial charge < -0.3 is 4.74 Å². The molecule has 0 saturated heterocycles. The summed E-state index contributed by atoms with van der Waals surface area (Å²) in [5.74, 6) is -9.68. The van der Waals surface area contributed by atoms with E-state index in [0.29, 0.717) is 11.3 Å². The molecule has 0 bridgehead atoms. The van der Waals surface area contributed by atoms with Crippen molar-refractivity contribution in [2.45, 2.75) is 0 Å². The highest BCUT2D eigenvalue weighted by molar-refractivity contribution is 5.82. The van der Waals surface area contributed by atoms with E-state index in [0.717, 1.165) is 6.21 Å². The maximum absolute atomic E-state index is 13.4. The predicted molar refractivity (Wildman–Crippen MR) is 66.5 cm³/mol. The fourth-order valence-corrected chi connectivity index (χ4v) is 1.54. The molecule has 0 fully saturated rings. The molecule has 0 heterocycles. The summed E-state index contributed by atoms with van der Waals surface area (Å²) in [6.07, 6.45) is 0.984. The van der Waals surface area contributed by atoms with Gasteiger partial charge in [0, 0.05) is 6.21 Å². The number of benzene rings is 2. The Labute approximate surface area is 116 Å². The number of methoxy groups -OCH3 is 1. The molecule has 0 N–H and O–H groups in total. The normalized spacial score (nSPS) is 11.1. The molecule has 110 valence electrons. The van der Waals surface area contributed by atoms with Crippen molar-refractivity contribution in [3.63, 3.8) is 0 Å². The molecule has 0 aliphatic carbocycles. The molecule has 0 unspecified atom stereocenters. The average molecular weight is 301 g/mol. The Kier molecular flexibility index (Phi) is 4.21. The first-order valence-corrected chi connectivity index (χ1v) is 5.65. The maximum Gasteiger partial charge on any atom is 0.200 e. The summed E-state index contributed by atoms with van der Waals surface area (Å²) in [5.41, 5.74) is -0.832. The number of ether oxygens (including phenoxy) is 1. The summed E-state index contributed by atoms with van der Waals surface area (Å²) in [5, 5.41) is 0. The van der Waals surface area contributed by atoms with Crippen LogP contribution in [0.2, 0.25) is 0 Å². The summed E-state index contributed by atoms with van der Waals surface area (Å²) in [4.78, 5) is 3.33. The van der Waals surface area contributed by atoms with Gasteiger partial charge in [0.25, 0.3) is 0 Å². The Hall–Kier alpha value is -2.44. The molecule has 2 aromatic rings. The quantitative estimate of drug-likeness (QED) is 0.361. The number of hydrogen-bond acceptors (Lipinski definition) is 2. The van der Waals surface area contributed by atoms with Gasteiger partial charge in [0.1, 0.15) is 11.4 Å². The van der Waals surface area contributed by atoms with E-state index in [4.69, 9.17) is 4.74 Å². The van der Waals surface area contributed by atoms with E-state index in [-0.39, 0.29) is 0 Å². The Morgan fingerprint density at radius 3 is 1.76 bits per heavy atom. The SMILES string of the molecule is COc1ccc(C=Nc2c(F)c(F)c(F)c(F)c2F)cc1. The Balaban J connectivity index is 2.41. The van der Waals surface area contributed by atoms with E-state index in [1.165, 1.54) is 19.2 Å². The van der Waals surface area contributed by atoms with Gasteiger partial charge >= 0.3 is 0 Å². The molecule has 21 heavy (non-hydrogen) atoms. The lowest BCUT2D eigenvalue weighted by Gasteiger charge is -2.04. The van der Waals surface area contributed by atoms with Gasteiger partial charge in [-0.15, -0.1) is 0 Å². The third-order valence-electron chi connectivity index (χ3n) is 2.65. The van der Waals surface area contributed by atoms with Crippen molar-refractivity contribution in [3.8, 4) is 5.75 Å². The fourth-order valence-electron chi connectivity index (χ4n) is 1.54. The highest BCUT2D eigenvalue weighted by Gasteiger charge is 2.25. The molecule has 0 aromatic heterocycles. The van der Waals surface area contributed by atoms with Gasteiger partial charge in [-0.3, -0.25) is 0 Å². The van der Waals surface area contributed by atoms with Crippen molar-refractivity contribution in [3.05, 3.63) is 58.9 Å². The van der Waals surface area contributed by atoms with Crippen LogP contribution < -0.4 is 4.74 Å². The molecule has 0 aliphatic rings. The van der Waals surface area contributed by atoms with Crippen LogP contribution in [0.1, 0.15) is 5.56 Å². The zero-order chi connectivity index (χ0) is 15.6. The molecule has 2 aromatic carbocycles. The molecule has 2 rings (SSSR count). The third kappa shape index (κ3) is 2.86. The minimum Gasteiger partial charge on any atom is -0.497 e. The van der Waals surface area contributed by atoms with Crippen LogP contribution in [0.5, 0.6) is 5.75 Å². The van der Waals surface area contributed by atoms with Crippen LogP contribution in [0.25, 0.3) is 0 Å².